The molecule has 11 nitrogen and oxygen atoms in total. The summed E-state index contributed by atoms with van der Waals surface area (Å²) in [4.78, 5) is 12.1. The number of rotatable bonds is 7. The van der Waals surface area contributed by atoms with Crippen molar-refractivity contribution < 1.29 is 55.7 Å². The number of hydrogen-bond donors (Lipinski definition) is 1. The van der Waals surface area contributed by atoms with Crippen LogP contribution < -0.4 is 39.3 Å². The van der Waals surface area contributed by atoms with E-state index in [0.717, 1.165) is 12.1 Å². The van der Waals surface area contributed by atoms with E-state index >= 15 is 0 Å². The van der Waals surface area contributed by atoms with E-state index in [1.807, 2.05) is 6.07 Å². The smallest absolute Gasteiger partial charge is 0.744 e. The number of nitrogens with one attached hydrogen (secondary N) is 1. The minimum absolute atomic E-state index is 0. The fourth-order valence-corrected chi connectivity index (χ4v) is 5.27. The molecular weight excluding hydrogens is 529 g/mol. The number of benzene rings is 3. The van der Waals surface area contributed by atoms with Crippen LogP contribution in [0.2, 0.25) is 0 Å². The molecule has 0 aromatic heterocycles. The van der Waals surface area contributed by atoms with Crippen molar-refractivity contribution >= 4 is 48.8 Å². The molecule has 1 unspecified atom stereocenters. The summed E-state index contributed by atoms with van der Waals surface area (Å²) < 4.78 is 62.1. The summed E-state index contributed by atoms with van der Waals surface area (Å²) in [5.41, 5.74) is 1.49. The molecule has 0 bridgehead atoms. The topological polar surface area (TPSA) is 161 Å². The first-order chi connectivity index (χ1) is 17.0. The largest absolute Gasteiger partial charge is 1.00 e. The average molecular weight is 550 g/mol. The Kier molecular flexibility index (Phi) is 8.67. The van der Waals surface area contributed by atoms with Gasteiger partial charge in [-0.15, -0.1) is 0 Å². The van der Waals surface area contributed by atoms with Gasteiger partial charge in [-0.3, -0.25) is 9.52 Å². The number of carbonyl (C=O) groups is 1. The molecule has 37 heavy (non-hydrogen) atoms. The monoisotopic (exact) mass is 549 g/mol. The normalized spacial score (nSPS) is 16.0. The number of carbonyl (C=O) groups excluding carboxylic acids is 1. The molecule has 4 rings (SSSR count). The zero-order valence-corrected chi connectivity index (χ0v) is 23.7. The number of azo groups is 1. The van der Waals surface area contributed by atoms with Gasteiger partial charge in [-0.05, 0) is 61.9 Å². The van der Waals surface area contributed by atoms with Crippen LogP contribution in [0.3, 0.4) is 0 Å². The van der Waals surface area contributed by atoms with Gasteiger partial charge >= 0.3 is 29.6 Å². The van der Waals surface area contributed by atoms with Crippen molar-refractivity contribution in [3.63, 3.8) is 0 Å². The summed E-state index contributed by atoms with van der Waals surface area (Å²) in [6.07, 6.45) is 0. The first-order valence-electron chi connectivity index (χ1n) is 10.5. The van der Waals surface area contributed by atoms with E-state index < -0.39 is 37.0 Å². The molecule has 0 saturated heterocycles. The Balaban J connectivity index is 0.00000380. The summed E-state index contributed by atoms with van der Waals surface area (Å²) in [6, 6.07) is 16.8. The SMILES string of the molecule is CC1=NN(c2ccccc2)C(=O)C1N=Nc1ccc(C)c(S(=O)(=O)Nc2cccc(S(=O)(=O)[O-])c2)c1.[Na+]. The van der Waals surface area contributed by atoms with Crippen molar-refractivity contribution in [2.45, 2.75) is 29.7 Å². The Labute approximate surface area is 236 Å². The third kappa shape index (κ3) is 6.50. The summed E-state index contributed by atoms with van der Waals surface area (Å²) in [6.45, 7) is 3.22. The number of amides is 1. The molecule has 1 aliphatic heterocycles. The van der Waals surface area contributed by atoms with Crippen LogP contribution in [0.15, 0.2) is 97.9 Å². The second-order valence-corrected chi connectivity index (χ2v) is 10.9. The predicted octanol–water partition coefficient (Wildman–Crippen LogP) is 0.579. The van der Waals surface area contributed by atoms with E-state index in [2.05, 4.69) is 20.1 Å². The molecule has 1 amide bonds. The number of nitrogens with zero attached hydrogens (tertiary/aromatic N) is 4. The van der Waals surface area contributed by atoms with Gasteiger partial charge in [0.1, 0.15) is 10.1 Å². The van der Waals surface area contributed by atoms with Crippen molar-refractivity contribution in [1.82, 2.24) is 0 Å². The molecule has 3 aromatic rings. The van der Waals surface area contributed by atoms with Crippen molar-refractivity contribution in [1.29, 1.82) is 0 Å². The van der Waals surface area contributed by atoms with Crippen LogP contribution >= 0.6 is 0 Å². The number of sulfonamides is 1. The minimum Gasteiger partial charge on any atom is -0.744 e. The van der Waals surface area contributed by atoms with Crippen LogP contribution in [0.25, 0.3) is 0 Å². The van der Waals surface area contributed by atoms with Crippen molar-refractivity contribution in [3.8, 4) is 0 Å². The summed E-state index contributed by atoms with van der Waals surface area (Å²) in [5, 5.41) is 13.7. The molecule has 0 saturated carbocycles. The summed E-state index contributed by atoms with van der Waals surface area (Å²) in [5.74, 6) is -0.391. The predicted molar refractivity (Wildman–Crippen MR) is 132 cm³/mol. The molecule has 14 heteroatoms. The van der Waals surface area contributed by atoms with Crippen LogP contribution in [0, 0.1) is 6.92 Å². The van der Waals surface area contributed by atoms with Crippen LogP contribution in [0.5, 0.6) is 0 Å². The molecule has 1 atom stereocenters. The third-order valence-corrected chi connectivity index (χ3v) is 7.58. The summed E-state index contributed by atoms with van der Waals surface area (Å²) >= 11 is 0. The summed E-state index contributed by atoms with van der Waals surface area (Å²) in [7, 11) is -8.94. The molecule has 0 fully saturated rings. The van der Waals surface area contributed by atoms with E-state index in [4.69, 9.17) is 0 Å². The zero-order valence-electron chi connectivity index (χ0n) is 20.1. The molecule has 0 radical (unpaired) electrons. The molecular formula is C23H20N5NaO6S2. The number of hydrogen-bond acceptors (Lipinski definition) is 9. The van der Waals surface area contributed by atoms with Crippen LogP contribution in [-0.4, -0.2) is 39.0 Å². The Morgan fingerprint density at radius 3 is 2.32 bits per heavy atom. The van der Waals surface area contributed by atoms with Gasteiger partial charge in [0.2, 0.25) is 0 Å². The number of anilines is 2. The molecule has 186 valence electrons. The molecule has 1 aliphatic rings. The third-order valence-electron chi connectivity index (χ3n) is 5.22. The van der Waals surface area contributed by atoms with E-state index in [-0.39, 0.29) is 45.8 Å². The van der Waals surface area contributed by atoms with Gasteiger partial charge in [0, 0.05) is 0 Å². The first-order valence-corrected chi connectivity index (χ1v) is 13.4. The van der Waals surface area contributed by atoms with E-state index in [1.165, 1.54) is 29.3 Å². The maximum Gasteiger partial charge on any atom is 1.00 e. The Morgan fingerprint density at radius 2 is 1.65 bits per heavy atom. The van der Waals surface area contributed by atoms with Gasteiger partial charge in [0.05, 0.1) is 32.6 Å². The van der Waals surface area contributed by atoms with Gasteiger partial charge in [0.15, 0.2) is 6.04 Å². The molecule has 1 N–H and O–H groups in total. The van der Waals surface area contributed by atoms with Gasteiger partial charge in [-0.2, -0.15) is 20.3 Å². The second kappa shape index (κ2) is 11.2. The van der Waals surface area contributed by atoms with Crippen molar-refractivity contribution in [2.24, 2.45) is 15.3 Å². The van der Waals surface area contributed by atoms with Crippen molar-refractivity contribution in [3.05, 3.63) is 78.4 Å². The van der Waals surface area contributed by atoms with Gasteiger partial charge in [-0.25, -0.2) is 16.8 Å². The first kappa shape index (κ1) is 28.6. The van der Waals surface area contributed by atoms with Crippen LogP contribution in [-0.2, 0) is 24.9 Å². The standard InChI is InChI=1S/C23H21N5O6S2.Na/c1-15-11-12-17(24-25-22-16(2)26-28(23(22)29)19-8-4-3-5-9-19)14-21(15)35(30,31)27-18-7-6-10-20(13-18)36(32,33)34;/h3-14,22,27H,1-2H3,(H,32,33,34);/q;+1/p-1. The maximum atomic E-state index is 13.0. The maximum absolute atomic E-state index is 13.0. The van der Waals surface area contributed by atoms with Crippen molar-refractivity contribution in [2.75, 3.05) is 9.73 Å². The Morgan fingerprint density at radius 1 is 0.946 bits per heavy atom. The molecule has 1 heterocycles. The minimum atomic E-state index is -4.76. The second-order valence-electron chi connectivity index (χ2n) is 7.88. The van der Waals surface area contributed by atoms with Gasteiger partial charge < -0.3 is 4.55 Å². The van der Waals surface area contributed by atoms with Gasteiger partial charge in [-0.1, -0.05) is 30.3 Å². The van der Waals surface area contributed by atoms with Crippen LogP contribution in [0.4, 0.5) is 17.1 Å². The number of hydrazone groups is 1. The number of aryl methyl sites for hydroxylation is 1. The van der Waals surface area contributed by atoms with E-state index in [9.17, 15) is 26.2 Å². The van der Waals surface area contributed by atoms with E-state index in [1.54, 1.807) is 44.2 Å². The van der Waals surface area contributed by atoms with E-state index in [0.29, 0.717) is 17.0 Å². The molecule has 3 aromatic carbocycles. The zero-order chi connectivity index (χ0) is 26.1. The molecule has 0 spiro atoms. The Hall–Kier alpha value is -2.94. The fraction of sp³-hybridized carbons (Fsp3) is 0.130. The fourth-order valence-electron chi connectivity index (χ4n) is 3.43. The Bertz CT molecular complexity index is 1610. The average Bonchev–Trinajstić information content (AvgIpc) is 3.11. The molecule has 0 aliphatic carbocycles. The number of para-hydroxylation sites is 1. The van der Waals surface area contributed by atoms with Gasteiger partial charge in [0.25, 0.3) is 15.9 Å². The quantitative estimate of drug-likeness (QED) is 0.258. The van der Waals surface area contributed by atoms with Crippen LogP contribution in [0.1, 0.15) is 12.5 Å².